The molecule has 2 bridgehead atoms. The van der Waals surface area contributed by atoms with Crippen molar-refractivity contribution < 1.29 is 31.3 Å². The van der Waals surface area contributed by atoms with Crippen LogP contribution in [0.15, 0.2) is 0 Å². The van der Waals surface area contributed by atoms with Crippen LogP contribution in [0, 0.1) is 11.8 Å². The van der Waals surface area contributed by atoms with Crippen molar-refractivity contribution in [3.8, 4) is 0 Å². The Labute approximate surface area is 115 Å². The van der Waals surface area contributed by atoms with E-state index < -0.39 is 34.5 Å². The Balaban J connectivity index is 1.71. The monoisotopic (exact) mass is 312 g/mol. The van der Waals surface area contributed by atoms with E-state index in [4.69, 9.17) is 0 Å². The summed E-state index contributed by atoms with van der Waals surface area (Å²) in [6.07, 6.45) is 1.96. The van der Waals surface area contributed by atoms with Crippen molar-refractivity contribution in [3.63, 3.8) is 0 Å². The lowest BCUT2D eigenvalue weighted by molar-refractivity contribution is 0.0427. The average Bonchev–Trinajstić information content (AvgIpc) is 2.88. The highest BCUT2D eigenvalue weighted by atomic mass is 32.2. The third-order valence-corrected chi connectivity index (χ3v) is 4.97. The van der Waals surface area contributed by atoms with Gasteiger partial charge in [-0.2, -0.15) is 8.78 Å². The van der Waals surface area contributed by atoms with E-state index in [1.165, 1.54) is 0 Å². The lowest BCUT2D eigenvalue weighted by atomic mass is 9.96. The summed E-state index contributed by atoms with van der Waals surface area (Å²) in [6, 6.07) is 0.00463. The van der Waals surface area contributed by atoms with Crippen LogP contribution in [0.2, 0.25) is 0 Å². The van der Waals surface area contributed by atoms with E-state index in [1.807, 2.05) is 0 Å². The fourth-order valence-electron chi connectivity index (χ4n) is 3.00. The minimum absolute atomic E-state index is 0.00463. The van der Waals surface area contributed by atoms with Gasteiger partial charge >= 0.3 is 11.3 Å². The first-order valence-corrected chi connectivity index (χ1v) is 7.86. The Hall–Kier alpha value is -0.960. The summed E-state index contributed by atoms with van der Waals surface area (Å²) >= 11 is 0. The van der Waals surface area contributed by atoms with Crippen molar-refractivity contribution in [2.75, 3.05) is 6.61 Å². The highest BCUT2D eigenvalue weighted by Gasteiger charge is 2.41. The molecule has 2 rings (SSSR count). The van der Waals surface area contributed by atoms with Gasteiger partial charge in [-0.1, -0.05) is 6.42 Å². The summed E-state index contributed by atoms with van der Waals surface area (Å²) in [5, 5.41) is -1.82. The summed E-state index contributed by atoms with van der Waals surface area (Å²) < 4.78 is 60.8. The minimum atomic E-state index is -5.72. The summed E-state index contributed by atoms with van der Waals surface area (Å²) in [4.78, 5) is 11.4. The molecule has 0 spiro atoms. The molecule has 3 unspecified atom stereocenters. The van der Waals surface area contributed by atoms with Crippen LogP contribution in [-0.4, -0.2) is 37.0 Å². The smallest absolute Gasteiger partial charge is 0.407 e. The summed E-state index contributed by atoms with van der Waals surface area (Å²) in [7, 11) is -5.72. The molecule has 1 N–H and O–H groups in total. The first kappa shape index (κ1) is 15.4. The van der Waals surface area contributed by atoms with E-state index in [1.54, 1.807) is 0 Å². The van der Waals surface area contributed by atoms with E-state index in [0.29, 0.717) is 11.8 Å². The van der Waals surface area contributed by atoms with Crippen LogP contribution in [0.3, 0.4) is 0 Å². The number of alkyl halides is 2. The van der Waals surface area contributed by atoms with E-state index >= 15 is 0 Å². The third kappa shape index (κ3) is 3.38. The van der Waals surface area contributed by atoms with Gasteiger partial charge < -0.3 is 14.6 Å². The number of rotatable bonds is 5. The Morgan fingerprint density at radius 1 is 1.35 bits per heavy atom. The number of halogens is 2. The number of hydrogen-bond donors (Lipinski definition) is 1. The molecule has 2 saturated carbocycles. The van der Waals surface area contributed by atoms with Gasteiger partial charge in [-0.25, -0.2) is 13.2 Å². The number of amides is 1. The van der Waals surface area contributed by atoms with E-state index in [9.17, 15) is 26.5 Å². The van der Waals surface area contributed by atoms with Crippen molar-refractivity contribution in [3.05, 3.63) is 0 Å². The van der Waals surface area contributed by atoms with Crippen molar-refractivity contribution in [1.29, 1.82) is 0 Å². The molecule has 2 fully saturated rings. The first-order valence-electron chi connectivity index (χ1n) is 6.45. The molecule has 9 heteroatoms. The molecule has 2 aliphatic rings. The Morgan fingerprint density at radius 3 is 2.55 bits per heavy atom. The molecule has 2 aliphatic carbocycles. The van der Waals surface area contributed by atoms with E-state index in [-0.39, 0.29) is 6.04 Å². The number of ether oxygens (including phenoxy) is 1. The largest absolute Gasteiger partial charge is 0.743 e. The van der Waals surface area contributed by atoms with Crippen LogP contribution in [0.1, 0.15) is 32.1 Å². The summed E-state index contributed by atoms with van der Waals surface area (Å²) in [5.41, 5.74) is 0. The van der Waals surface area contributed by atoms with E-state index in [2.05, 4.69) is 10.1 Å². The van der Waals surface area contributed by atoms with Crippen LogP contribution >= 0.6 is 0 Å². The predicted molar refractivity (Wildman–Crippen MR) is 63.0 cm³/mol. The number of carbonyl (C=O) groups excluding carboxylic acids is 1. The van der Waals surface area contributed by atoms with Gasteiger partial charge in [0.25, 0.3) is 0 Å². The van der Waals surface area contributed by atoms with Crippen molar-refractivity contribution >= 4 is 16.2 Å². The molecule has 0 aromatic rings. The number of fused-ring (bicyclic) bond motifs is 2. The van der Waals surface area contributed by atoms with Gasteiger partial charge in [0.1, 0.15) is 0 Å². The predicted octanol–water partition coefficient (Wildman–Crippen LogP) is 1.43. The molecule has 0 aromatic carbocycles. The van der Waals surface area contributed by atoms with Crippen molar-refractivity contribution in [2.24, 2.45) is 11.8 Å². The lowest BCUT2D eigenvalue weighted by Gasteiger charge is -2.23. The van der Waals surface area contributed by atoms with Gasteiger partial charge in [0.2, 0.25) is 0 Å². The quantitative estimate of drug-likeness (QED) is 0.775. The van der Waals surface area contributed by atoms with Gasteiger partial charge in [0, 0.05) is 6.04 Å². The maximum absolute atomic E-state index is 12.8. The van der Waals surface area contributed by atoms with Gasteiger partial charge in [0.05, 0.1) is 13.0 Å². The zero-order chi connectivity index (χ0) is 15.0. The second-order valence-corrected chi connectivity index (χ2v) is 6.91. The Kier molecular flexibility index (Phi) is 4.19. The molecular weight excluding hydrogens is 296 g/mol. The molecule has 116 valence electrons. The van der Waals surface area contributed by atoms with Crippen LogP contribution in [-0.2, 0) is 14.9 Å². The third-order valence-electron chi connectivity index (χ3n) is 4.03. The maximum Gasteiger partial charge on any atom is 0.407 e. The molecule has 0 aromatic heterocycles. The lowest BCUT2D eigenvalue weighted by Crippen LogP contribution is -2.39. The normalized spacial score (nSPS) is 29.4. The van der Waals surface area contributed by atoms with Gasteiger partial charge in [-0.3, -0.25) is 0 Å². The number of alkyl carbamates (subject to hydrolysis) is 1. The Bertz CT molecular complexity index is 481. The summed E-state index contributed by atoms with van der Waals surface area (Å²) in [5.74, 6) is 1.02. The Morgan fingerprint density at radius 2 is 2.05 bits per heavy atom. The van der Waals surface area contributed by atoms with Crippen LogP contribution in [0.5, 0.6) is 0 Å². The molecule has 0 heterocycles. The zero-order valence-electron chi connectivity index (χ0n) is 10.7. The first-order chi connectivity index (χ1) is 9.19. The number of hydrogen-bond acceptors (Lipinski definition) is 5. The molecule has 0 radical (unpaired) electrons. The molecule has 1 amide bonds. The number of carbonyl (C=O) groups is 1. The molecular formula is C11H16F2NO5S-. The van der Waals surface area contributed by atoms with Crippen molar-refractivity contribution in [1.82, 2.24) is 5.32 Å². The van der Waals surface area contributed by atoms with Gasteiger partial charge in [-0.15, -0.1) is 0 Å². The SMILES string of the molecule is O=C(NC1CC2CCC1C2)OCCC(F)(F)S(=O)(=O)[O-]. The molecule has 3 atom stereocenters. The molecule has 6 nitrogen and oxygen atoms in total. The molecule has 20 heavy (non-hydrogen) atoms. The zero-order valence-corrected chi connectivity index (χ0v) is 11.5. The fraction of sp³-hybridized carbons (Fsp3) is 0.909. The van der Waals surface area contributed by atoms with Crippen LogP contribution < -0.4 is 5.32 Å². The van der Waals surface area contributed by atoms with Gasteiger partial charge in [-0.05, 0) is 31.1 Å². The topological polar surface area (TPSA) is 95.5 Å². The standard InChI is InChI=1S/C11H17F2NO5S/c12-11(13,20(16,17)18)3-4-19-10(15)14-9-6-7-1-2-8(9)5-7/h7-9H,1-6H2,(H,14,15)(H,16,17,18)/p-1. The maximum atomic E-state index is 12.8. The van der Waals surface area contributed by atoms with Gasteiger partial charge in [0.15, 0.2) is 10.1 Å². The average molecular weight is 312 g/mol. The summed E-state index contributed by atoms with van der Waals surface area (Å²) in [6.45, 7) is -0.818. The molecule has 0 saturated heterocycles. The minimum Gasteiger partial charge on any atom is -0.743 e. The fourth-order valence-corrected chi connectivity index (χ4v) is 3.34. The highest BCUT2D eigenvalue weighted by Crippen LogP contribution is 2.44. The number of nitrogens with one attached hydrogen (secondary N) is 1. The second kappa shape index (κ2) is 5.44. The van der Waals surface area contributed by atoms with E-state index in [0.717, 1.165) is 25.7 Å². The van der Waals surface area contributed by atoms with Crippen LogP contribution in [0.25, 0.3) is 0 Å². The highest BCUT2D eigenvalue weighted by molar-refractivity contribution is 7.86. The van der Waals surface area contributed by atoms with Crippen molar-refractivity contribution in [2.45, 2.75) is 43.4 Å². The van der Waals surface area contributed by atoms with Crippen LogP contribution in [0.4, 0.5) is 13.6 Å². The second-order valence-electron chi connectivity index (χ2n) is 5.40. The molecule has 0 aliphatic heterocycles.